The maximum atomic E-state index is 6.54. The molecule has 0 aliphatic heterocycles. The van der Waals surface area contributed by atoms with Gasteiger partial charge >= 0.3 is 0 Å². The molecule has 0 saturated carbocycles. The van der Waals surface area contributed by atoms with E-state index in [2.05, 4.69) is 95.1 Å². The van der Waals surface area contributed by atoms with Gasteiger partial charge in [0.15, 0.2) is 22.6 Å². The van der Waals surface area contributed by atoms with Crippen LogP contribution < -0.4 is 0 Å². The topological polar surface area (TPSA) is 64.5 Å². The molecule has 6 aromatic rings. The van der Waals surface area contributed by atoms with Crippen LogP contribution in [0.15, 0.2) is 97.1 Å². The summed E-state index contributed by atoms with van der Waals surface area (Å²) in [4.78, 5) is 24.1. The Morgan fingerprint density at radius 3 is 1.16 bits per heavy atom. The van der Waals surface area contributed by atoms with Crippen LogP contribution >= 0.6 is 11.6 Å². The number of nitrogens with zero attached hydrogens (tertiary/aromatic N) is 5. The number of para-hydroxylation sites is 2. The Morgan fingerprint density at radius 2 is 0.767 bits per heavy atom. The van der Waals surface area contributed by atoms with E-state index in [-0.39, 0.29) is 10.8 Å². The van der Waals surface area contributed by atoms with Gasteiger partial charge < -0.3 is 0 Å². The Balaban J connectivity index is 1.42. The molecule has 0 N–H and O–H groups in total. The monoisotopic (exact) mass is 583 g/mol. The van der Waals surface area contributed by atoms with E-state index in [1.54, 1.807) is 0 Å². The first kappa shape index (κ1) is 28.6. The second-order valence-corrected chi connectivity index (χ2v) is 13.2. The fourth-order valence-electron chi connectivity index (χ4n) is 4.94. The van der Waals surface area contributed by atoms with E-state index in [0.717, 1.165) is 33.3 Å². The molecule has 0 spiro atoms. The molecule has 6 heteroatoms. The molecule has 6 rings (SSSR count). The average Bonchev–Trinajstić information content (AvgIpc) is 3.00. The Kier molecular flexibility index (Phi) is 7.31. The lowest BCUT2D eigenvalue weighted by Gasteiger charge is -2.19. The maximum absolute atomic E-state index is 6.54. The minimum absolute atomic E-state index is 0.0583. The van der Waals surface area contributed by atoms with Crippen LogP contribution in [0.25, 0.3) is 56.5 Å². The van der Waals surface area contributed by atoms with Gasteiger partial charge in [0.2, 0.25) is 0 Å². The van der Waals surface area contributed by atoms with Crippen molar-refractivity contribution in [3.05, 3.63) is 113 Å². The third-order valence-corrected chi connectivity index (χ3v) is 7.86. The van der Waals surface area contributed by atoms with Gasteiger partial charge in [-0.1, -0.05) is 138 Å². The van der Waals surface area contributed by atoms with Gasteiger partial charge in [0, 0.05) is 22.3 Å². The Labute approximate surface area is 258 Å². The predicted octanol–water partition coefficient (Wildman–Crippen LogP) is 9.73. The van der Waals surface area contributed by atoms with Gasteiger partial charge in [0.05, 0.1) is 11.0 Å². The molecule has 0 aliphatic carbocycles. The van der Waals surface area contributed by atoms with Crippen LogP contribution in [0.4, 0.5) is 0 Å². The fourth-order valence-corrected chi connectivity index (χ4v) is 5.18. The van der Waals surface area contributed by atoms with Gasteiger partial charge in [-0.05, 0) is 34.1 Å². The van der Waals surface area contributed by atoms with Crippen LogP contribution in [0.2, 0.25) is 5.15 Å². The highest BCUT2D eigenvalue weighted by molar-refractivity contribution is 6.32. The van der Waals surface area contributed by atoms with Crippen molar-refractivity contribution in [1.29, 1.82) is 0 Å². The molecule has 4 aromatic carbocycles. The van der Waals surface area contributed by atoms with Gasteiger partial charge in [0.1, 0.15) is 5.69 Å². The zero-order valence-corrected chi connectivity index (χ0v) is 26.1. The van der Waals surface area contributed by atoms with Crippen molar-refractivity contribution in [2.45, 2.75) is 52.4 Å². The summed E-state index contributed by atoms with van der Waals surface area (Å²) < 4.78 is 0. The molecule has 0 amide bonds. The van der Waals surface area contributed by atoms with E-state index < -0.39 is 0 Å². The molecule has 0 bridgehead atoms. The largest absolute Gasteiger partial charge is 0.243 e. The van der Waals surface area contributed by atoms with Crippen molar-refractivity contribution >= 4 is 22.6 Å². The third kappa shape index (κ3) is 6.04. The number of hydrogen-bond donors (Lipinski definition) is 0. The van der Waals surface area contributed by atoms with Crippen LogP contribution in [0, 0.1) is 0 Å². The second-order valence-electron chi connectivity index (χ2n) is 12.9. The molecule has 2 heterocycles. The molecule has 0 fully saturated rings. The lowest BCUT2D eigenvalue weighted by Crippen LogP contribution is -2.10. The molecule has 0 atom stereocenters. The van der Waals surface area contributed by atoms with Crippen molar-refractivity contribution in [3.63, 3.8) is 0 Å². The molecule has 0 unspecified atom stereocenters. The van der Waals surface area contributed by atoms with Crippen molar-refractivity contribution in [3.8, 4) is 45.4 Å². The summed E-state index contributed by atoms with van der Waals surface area (Å²) in [5.74, 6) is 1.86. The highest BCUT2D eigenvalue weighted by Gasteiger charge is 2.18. The lowest BCUT2D eigenvalue weighted by molar-refractivity contribution is 0.590. The highest BCUT2D eigenvalue weighted by Crippen LogP contribution is 2.31. The number of rotatable bonds is 4. The molecular weight excluding hydrogens is 550 g/mol. The first-order valence-corrected chi connectivity index (χ1v) is 14.8. The quantitative estimate of drug-likeness (QED) is 0.207. The molecule has 0 aliphatic rings. The van der Waals surface area contributed by atoms with Crippen molar-refractivity contribution in [2.75, 3.05) is 0 Å². The molecule has 2 aromatic heterocycles. The molecule has 0 saturated heterocycles. The standard InChI is InChI=1S/C37H34ClN5/c1-36(2,3)27-19-15-25(16-20-27)34-41-33(42-35(43-34)26-17-21-28(22-18-26)37(4,5)6)24-13-11-23(12-14-24)31-32(38)40-30-10-8-7-9-29(30)39-31/h7-22H,1-6H3. The Hall–Kier alpha value is -4.48. The molecule has 5 nitrogen and oxygen atoms in total. The first-order chi connectivity index (χ1) is 20.5. The lowest BCUT2D eigenvalue weighted by atomic mass is 9.86. The maximum Gasteiger partial charge on any atom is 0.164 e. The van der Waals surface area contributed by atoms with Crippen LogP contribution in [0.1, 0.15) is 52.7 Å². The summed E-state index contributed by atoms with van der Waals surface area (Å²) in [6.45, 7) is 13.3. The number of fused-ring (bicyclic) bond motifs is 1. The van der Waals surface area contributed by atoms with Gasteiger partial charge in [-0.25, -0.2) is 24.9 Å². The van der Waals surface area contributed by atoms with E-state index in [1.165, 1.54) is 11.1 Å². The van der Waals surface area contributed by atoms with Crippen LogP contribution in [0.3, 0.4) is 0 Å². The van der Waals surface area contributed by atoms with E-state index in [1.807, 2.05) is 48.5 Å². The minimum atomic E-state index is 0.0583. The fraction of sp³-hybridized carbons (Fsp3) is 0.216. The minimum Gasteiger partial charge on any atom is -0.243 e. The number of hydrogen-bond acceptors (Lipinski definition) is 5. The van der Waals surface area contributed by atoms with Crippen LogP contribution in [-0.2, 0) is 10.8 Å². The number of halogens is 1. The van der Waals surface area contributed by atoms with Crippen molar-refractivity contribution in [2.24, 2.45) is 0 Å². The summed E-state index contributed by atoms with van der Waals surface area (Å²) in [6.07, 6.45) is 0. The third-order valence-electron chi connectivity index (χ3n) is 7.60. The summed E-state index contributed by atoms with van der Waals surface area (Å²) in [5.41, 5.74) is 8.47. The number of aromatic nitrogens is 5. The molecule has 214 valence electrons. The van der Waals surface area contributed by atoms with E-state index in [4.69, 9.17) is 31.5 Å². The van der Waals surface area contributed by atoms with Crippen molar-refractivity contribution < 1.29 is 0 Å². The highest BCUT2D eigenvalue weighted by atomic mass is 35.5. The second kappa shape index (κ2) is 11.0. The summed E-state index contributed by atoms with van der Waals surface area (Å²) in [7, 11) is 0. The predicted molar refractivity (Wildman–Crippen MR) is 177 cm³/mol. The van der Waals surface area contributed by atoms with Crippen LogP contribution in [0.5, 0.6) is 0 Å². The number of benzene rings is 4. The van der Waals surface area contributed by atoms with Gasteiger partial charge in [0.25, 0.3) is 0 Å². The summed E-state index contributed by atoms with van der Waals surface area (Å²) >= 11 is 6.54. The Morgan fingerprint density at radius 1 is 0.419 bits per heavy atom. The SMILES string of the molecule is CC(C)(C)c1ccc(-c2nc(-c3ccc(-c4nc5ccccc5nc4Cl)cc3)nc(-c3ccc(C(C)(C)C)cc3)n2)cc1. The normalized spacial score (nSPS) is 12.1. The molecule has 43 heavy (non-hydrogen) atoms. The summed E-state index contributed by atoms with van der Waals surface area (Å²) in [5, 5.41) is 0.369. The molecule has 0 radical (unpaired) electrons. The zero-order chi connectivity index (χ0) is 30.4. The van der Waals surface area contributed by atoms with Crippen LogP contribution in [-0.4, -0.2) is 24.9 Å². The van der Waals surface area contributed by atoms with E-state index >= 15 is 0 Å². The zero-order valence-electron chi connectivity index (χ0n) is 25.4. The van der Waals surface area contributed by atoms with Gasteiger partial charge in [-0.2, -0.15) is 0 Å². The first-order valence-electron chi connectivity index (χ1n) is 14.5. The van der Waals surface area contributed by atoms with E-state index in [0.29, 0.717) is 28.3 Å². The van der Waals surface area contributed by atoms with Gasteiger partial charge in [-0.15, -0.1) is 0 Å². The Bertz CT molecular complexity index is 1840. The summed E-state index contributed by atoms with van der Waals surface area (Å²) in [6, 6.07) is 32.7. The average molecular weight is 584 g/mol. The van der Waals surface area contributed by atoms with E-state index in [9.17, 15) is 0 Å². The smallest absolute Gasteiger partial charge is 0.164 e. The molecular formula is C37H34ClN5. The van der Waals surface area contributed by atoms with Crippen molar-refractivity contribution in [1.82, 2.24) is 24.9 Å². The van der Waals surface area contributed by atoms with Gasteiger partial charge in [-0.3, -0.25) is 0 Å².